The van der Waals surface area contributed by atoms with Crippen molar-refractivity contribution in [2.24, 2.45) is 5.41 Å². The van der Waals surface area contributed by atoms with E-state index in [9.17, 15) is 4.79 Å². The maximum Gasteiger partial charge on any atom is 0.270 e. The number of aromatic nitrogens is 1. The average molecular weight is 284 g/mol. The highest BCUT2D eigenvalue weighted by molar-refractivity contribution is 5.95. The lowest BCUT2D eigenvalue weighted by atomic mass is 9.82. The molecule has 1 amide bonds. The Balaban J connectivity index is 2.18. The first-order valence-corrected chi connectivity index (χ1v) is 7.35. The van der Waals surface area contributed by atoms with Crippen molar-refractivity contribution in [3.05, 3.63) is 42.1 Å². The summed E-state index contributed by atoms with van der Waals surface area (Å²) in [5.74, 6) is -0.116. The van der Waals surface area contributed by atoms with Crippen LogP contribution in [0.25, 0.3) is 10.9 Å². The van der Waals surface area contributed by atoms with Crippen LogP contribution in [0.4, 0.5) is 0 Å². The summed E-state index contributed by atoms with van der Waals surface area (Å²) >= 11 is 0. The average Bonchev–Trinajstić information content (AvgIpc) is 2.34. The van der Waals surface area contributed by atoms with E-state index in [1.165, 1.54) is 0 Å². The molecule has 0 spiro atoms. The summed E-state index contributed by atoms with van der Waals surface area (Å²) < 4.78 is 0. The van der Waals surface area contributed by atoms with Crippen molar-refractivity contribution in [1.82, 2.24) is 10.3 Å². The minimum Gasteiger partial charge on any atom is -0.346 e. The van der Waals surface area contributed by atoms with Crippen LogP contribution in [0.15, 0.2) is 36.4 Å². The van der Waals surface area contributed by atoms with Gasteiger partial charge in [-0.1, -0.05) is 45.0 Å². The first-order valence-electron chi connectivity index (χ1n) is 7.35. The zero-order valence-corrected chi connectivity index (χ0v) is 13.5. The maximum atomic E-state index is 12.4. The summed E-state index contributed by atoms with van der Waals surface area (Å²) in [6.07, 6.45) is 0.902. The molecule has 2 aromatic rings. The molecule has 0 bridgehead atoms. The minimum absolute atomic E-state index is 0.116. The number of carbonyl (C=O) groups is 1. The Bertz CT molecular complexity index is 654. The van der Waals surface area contributed by atoms with Gasteiger partial charge in [0.25, 0.3) is 5.91 Å². The highest BCUT2D eigenvalue weighted by Gasteiger charge is 2.27. The molecular formula is C18H24N2O. The van der Waals surface area contributed by atoms with Crippen LogP contribution in [-0.2, 0) is 0 Å². The van der Waals surface area contributed by atoms with Gasteiger partial charge in [-0.15, -0.1) is 0 Å². The number of nitrogens with one attached hydrogen (secondary N) is 1. The second-order valence-electron chi connectivity index (χ2n) is 7.46. The quantitative estimate of drug-likeness (QED) is 0.918. The van der Waals surface area contributed by atoms with Gasteiger partial charge < -0.3 is 5.32 Å². The molecule has 0 saturated heterocycles. The lowest BCUT2D eigenvalue weighted by Crippen LogP contribution is -2.46. The molecule has 0 atom stereocenters. The van der Waals surface area contributed by atoms with E-state index in [4.69, 9.17) is 0 Å². The third-order valence-electron chi connectivity index (χ3n) is 3.26. The number of amides is 1. The molecule has 21 heavy (non-hydrogen) atoms. The lowest BCUT2D eigenvalue weighted by Gasteiger charge is -2.33. The van der Waals surface area contributed by atoms with Gasteiger partial charge in [-0.2, -0.15) is 0 Å². The van der Waals surface area contributed by atoms with Crippen molar-refractivity contribution in [2.45, 2.75) is 46.6 Å². The number of hydrogen-bond donors (Lipinski definition) is 1. The molecule has 0 fully saturated rings. The van der Waals surface area contributed by atoms with Crippen molar-refractivity contribution >= 4 is 16.8 Å². The van der Waals surface area contributed by atoms with Crippen LogP contribution in [0, 0.1) is 5.41 Å². The molecule has 1 aromatic carbocycles. The lowest BCUT2D eigenvalue weighted by molar-refractivity contribution is 0.0886. The number of hydrogen-bond acceptors (Lipinski definition) is 2. The van der Waals surface area contributed by atoms with Crippen molar-refractivity contribution in [3.63, 3.8) is 0 Å². The van der Waals surface area contributed by atoms with E-state index in [0.29, 0.717) is 5.69 Å². The summed E-state index contributed by atoms with van der Waals surface area (Å²) in [5, 5.41) is 4.14. The summed E-state index contributed by atoms with van der Waals surface area (Å²) in [6, 6.07) is 11.5. The molecular weight excluding hydrogens is 260 g/mol. The number of carbonyl (C=O) groups excluding carboxylic acids is 1. The van der Waals surface area contributed by atoms with E-state index in [1.807, 2.05) is 30.3 Å². The van der Waals surface area contributed by atoms with Crippen LogP contribution >= 0.6 is 0 Å². The number of pyridine rings is 1. The van der Waals surface area contributed by atoms with Crippen LogP contribution in [0.3, 0.4) is 0 Å². The van der Waals surface area contributed by atoms with Gasteiger partial charge in [0, 0.05) is 10.9 Å². The van der Waals surface area contributed by atoms with Crippen LogP contribution in [0.1, 0.15) is 51.5 Å². The third-order valence-corrected chi connectivity index (χ3v) is 3.26. The highest BCUT2D eigenvalue weighted by atomic mass is 16.2. The molecule has 1 aromatic heterocycles. The summed E-state index contributed by atoms with van der Waals surface area (Å²) in [5.41, 5.74) is 1.21. The molecule has 3 heteroatoms. The fourth-order valence-electron chi connectivity index (χ4n) is 2.93. The number of benzene rings is 1. The molecule has 0 saturated carbocycles. The monoisotopic (exact) mass is 284 g/mol. The Kier molecular flexibility index (Phi) is 4.04. The Morgan fingerprint density at radius 2 is 1.71 bits per heavy atom. The molecule has 0 aliphatic rings. The topological polar surface area (TPSA) is 42.0 Å². The molecule has 0 radical (unpaired) electrons. The van der Waals surface area contributed by atoms with Crippen molar-refractivity contribution in [2.75, 3.05) is 0 Å². The van der Waals surface area contributed by atoms with Gasteiger partial charge >= 0.3 is 0 Å². The van der Waals surface area contributed by atoms with E-state index < -0.39 is 0 Å². The fraction of sp³-hybridized carbons (Fsp3) is 0.444. The maximum absolute atomic E-state index is 12.4. The van der Waals surface area contributed by atoms with Gasteiger partial charge in [-0.05, 0) is 37.8 Å². The van der Waals surface area contributed by atoms with Crippen LogP contribution < -0.4 is 5.32 Å². The predicted octanol–water partition coefficient (Wildman–Crippen LogP) is 4.18. The largest absolute Gasteiger partial charge is 0.346 e. The van der Waals surface area contributed by atoms with Gasteiger partial charge in [0.1, 0.15) is 5.69 Å². The highest BCUT2D eigenvalue weighted by Crippen LogP contribution is 2.27. The Morgan fingerprint density at radius 3 is 2.38 bits per heavy atom. The van der Waals surface area contributed by atoms with E-state index in [-0.39, 0.29) is 16.9 Å². The van der Waals surface area contributed by atoms with Crippen molar-refractivity contribution in [3.8, 4) is 0 Å². The Hall–Kier alpha value is -1.90. The number of nitrogens with zero attached hydrogens (tertiary/aromatic N) is 1. The van der Waals surface area contributed by atoms with Crippen LogP contribution in [0.2, 0.25) is 0 Å². The van der Waals surface area contributed by atoms with Gasteiger partial charge in [0.05, 0.1) is 5.52 Å². The summed E-state index contributed by atoms with van der Waals surface area (Å²) in [4.78, 5) is 16.9. The van der Waals surface area contributed by atoms with Gasteiger partial charge in [0.15, 0.2) is 0 Å². The van der Waals surface area contributed by atoms with E-state index in [2.05, 4.69) is 44.9 Å². The molecule has 112 valence electrons. The van der Waals surface area contributed by atoms with Gasteiger partial charge in [0.2, 0.25) is 0 Å². The van der Waals surface area contributed by atoms with E-state index in [0.717, 1.165) is 17.3 Å². The second kappa shape index (κ2) is 5.47. The normalized spacial score (nSPS) is 12.4. The molecule has 2 rings (SSSR count). The number of fused-ring (bicyclic) bond motifs is 1. The van der Waals surface area contributed by atoms with Gasteiger partial charge in [-0.25, -0.2) is 4.98 Å². The first kappa shape index (κ1) is 15.5. The third kappa shape index (κ3) is 4.28. The zero-order valence-electron chi connectivity index (χ0n) is 13.5. The molecule has 3 nitrogen and oxygen atoms in total. The molecule has 0 unspecified atom stereocenters. The van der Waals surface area contributed by atoms with Crippen molar-refractivity contribution in [1.29, 1.82) is 0 Å². The Morgan fingerprint density at radius 1 is 1.05 bits per heavy atom. The smallest absolute Gasteiger partial charge is 0.270 e. The molecule has 0 aliphatic carbocycles. The zero-order chi connectivity index (χ0) is 15.7. The van der Waals surface area contributed by atoms with Crippen molar-refractivity contribution < 1.29 is 4.79 Å². The Labute approximate surface area is 126 Å². The predicted molar refractivity (Wildman–Crippen MR) is 87.4 cm³/mol. The SMILES string of the molecule is CC(C)(C)CC(C)(C)NC(=O)c1ccc2ccccc2n1. The number of rotatable bonds is 3. The summed E-state index contributed by atoms with van der Waals surface area (Å²) in [7, 11) is 0. The molecule has 1 N–H and O–H groups in total. The number of para-hydroxylation sites is 1. The van der Waals surface area contributed by atoms with E-state index >= 15 is 0 Å². The van der Waals surface area contributed by atoms with Gasteiger partial charge in [-0.3, -0.25) is 4.79 Å². The molecule has 0 aliphatic heterocycles. The second-order valence-corrected chi connectivity index (χ2v) is 7.46. The fourth-order valence-corrected chi connectivity index (χ4v) is 2.93. The standard InChI is InChI=1S/C18H24N2O/c1-17(2,3)12-18(4,5)20-16(21)15-11-10-13-8-6-7-9-14(13)19-15/h6-11H,12H2,1-5H3,(H,20,21). The van der Waals surface area contributed by atoms with Crippen LogP contribution in [-0.4, -0.2) is 16.4 Å². The van der Waals surface area contributed by atoms with Crippen LogP contribution in [0.5, 0.6) is 0 Å². The molecule has 1 heterocycles. The van der Waals surface area contributed by atoms with E-state index in [1.54, 1.807) is 6.07 Å². The summed E-state index contributed by atoms with van der Waals surface area (Å²) in [6.45, 7) is 10.6. The minimum atomic E-state index is -0.261. The first-order chi connectivity index (χ1) is 9.66.